The van der Waals surface area contributed by atoms with Crippen LogP contribution in [0, 0.1) is 29.1 Å². The second kappa shape index (κ2) is 6.13. The maximum Gasteiger partial charge on any atom is 0.302 e. The number of rotatable bonds is 1. The molecule has 2 saturated carbocycles. The maximum atomic E-state index is 13.7. The molecule has 0 amide bonds. The van der Waals surface area contributed by atoms with Crippen LogP contribution in [-0.4, -0.2) is 62.7 Å². The van der Waals surface area contributed by atoms with E-state index in [2.05, 4.69) is 0 Å². The van der Waals surface area contributed by atoms with Gasteiger partial charge in [0, 0.05) is 18.8 Å². The van der Waals surface area contributed by atoms with Crippen LogP contribution in [0.2, 0.25) is 0 Å². The Balaban J connectivity index is 1.83. The van der Waals surface area contributed by atoms with Gasteiger partial charge in [-0.25, -0.2) is 0 Å². The van der Waals surface area contributed by atoms with Gasteiger partial charge in [0.05, 0.1) is 18.1 Å². The number of hydrogen-bond donors (Lipinski definition) is 3. The molecule has 10 atom stereocenters. The molecule has 1 unspecified atom stereocenters. The Morgan fingerprint density at radius 3 is 2.41 bits per heavy atom. The minimum Gasteiger partial charge on any atom is -0.461 e. The summed E-state index contributed by atoms with van der Waals surface area (Å²) in [6.07, 6.45) is -1.86. The van der Waals surface area contributed by atoms with Crippen molar-refractivity contribution in [2.45, 2.75) is 83.6 Å². The quantitative estimate of drug-likeness (QED) is 0.336. The van der Waals surface area contributed by atoms with E-state index in [4.69, 9.17) is 9.47 Å². The van der Waals surface area contributed by atoms with E-state index in [1.807, 2.05) is 20.8 Å². The number of carbonyl (C=O) groups is 2. The summed E-state index contributed by atoms with van der Waals surface area (Å²) in [7, 11) is 0. The monoisotopic (exact) mass is 408 g/mol. The van der Waals surface area contributed by atoms with Crippen molar-refractivity contribution < 1.29 is 34.4 Å². The van der Waals surface area contributed by atoms with Crippen LogP contribution in [0.25, 0.3) is 0 Å². The number of esters is 1. The Morgan fingerprint density at radius 2 is 1.83 bits per heavy atom. The first-order valence-corrected chi connectivity index (χ1v) is 10.5. The molecule has 7 nitrogen and oxygen atoms in total. The zero-order chi connectivity index (χ0) is 21.7. The second-order valence-electron chi connectivity index (χ2n) is 10.3. The number of ether oxygens (including phenoxy) is 2. The molecule has 3 fully saturated rings. The molecule has 29 heavy (non-hydrogen) atoms. The Morgan fingerprint density at radius 1 is 1.21 bits per heavy atom. The third kappa shape index (κ3) is 2.57. The second-order valence-corrected chi connectivity index (χ2v) is 10.3. The van der Waals surface area contributed by atoms with E-state index in [-0.39, 0.29) is 23.5 Å². The van der Waals surface area contributed by atoms with E-state index in [0.717, 1.165) is 0 Å². The zero-order valence-electron chi connectivity index (χ0n) is 17.9. The summed E-state index contributed by atoms with van der Waals surface area (Å²) in [6, 6.07) is 0. The Labute approximate surface area is 171 Å². The van der Waals surface area contributed by atoms with Crippen LogP contribution in [0.3, 0.4) is 0 Å². The van der Waals surface area contributed by atoms with E-state index < -0.39 is 52.9 Å². The third-order valence-corrected chi connectivity index (χ3v) is 8.08. The highest BCUT2D eigenvalue weighted by atomic mass is 16.7. The van der Waals surface area contributed by atoms with E-state index in [0.29, 0.717) is 12.0 Å². The Hall–Kier alpha value is -1.28. The third-order valence-electron chi connectivity index (χ3n) is 8.08. The van der Waals surface area contributed by atoms with Gasteiger partial charge in [-0.2, -0.15) is 0 Å². The summed E-state index contributed by atoms with van der Waals surface area (Å²) in [4.78, 5) is 25.5. The lowest BCUT2D eigenvalue weighted by Crippen LogP contribution is -2.43. The van der Waals surface area contributed by atoms with Crippen molar-refractivity contribution in [3.05, 3.63) is 11.6 Å². The van der Waals surface area contributed by atoms with Crippen LogP contribution in [-0.2, 0) is 19.1 Å². The highest BCUT2D eigenvalue weighted by Crippen LogP contribution is 2.67. The van der Waals surface area contributed by atoms with Crippen molar-refractivity contribution in [3.63, 3.8) is 0 Å². The lowest BCUT2D eigenvalue weighted by Gasteiger charge is -2.26. The number of aliphatic hydroxyl groups excluding tert-OH is 3. The van der Waals surface area contributed by atoms with Crippen molar-refractivity contribution in [2.24, 2.45) is 29.1 Å². The molecule has 3 N–H and O–H groups in total. The summed E-state index contributed by atoms with van der Waals surface area (Å²) < 4.78 is 11.6. The van der Waals surface area contributed by atoms with Gasteiger partial charge in [-0.3, -0.25) is 9.59 Å². The number of fused-ring (bicyclic) bond motifs is 1. The number of carbonyl (C=O) groups excluding carboxylic acids is 2. The summed E-state index contributed by atoms with van der Waals surface area (Å²) in [5.41, 5.74) is -2.32. The predicted octanol–water partition coefficient (Wildman–Crippen LogP) is 0.986. The first kappa shape index (κ1) is 21.0. The van der Waals surface area contributed by atoms with Crippen molar-refractivity contribution in [3.8, 4) is 0 Å². The number of ketones is 1. The van der Waals surface area contributed by atoms with Crippen LogP contribution < -0.4 is 0 Å². The molecule has 4 aliphatic rings. The minimum atomic E-state index is -1.20. The molecule has 0 aromatic heterocycles. The van der Waals surface area contributed by atoms with Gasteiger partial charge in [0.2, 0.25) is 0 Å². The van der Waals surface area contributed by atoms with Crippen LogP contribution in [0.4, 0.5) is 0 Å². The number of aliphatic hydroxyl groups is 3. The highest BCUT2D eigenvalue weighted by molar-refractivity contribution is 5.96. The largest absolute Gasteiger partial charge is 0.461 e. The molecule has 0 spiro atoms. The first-order valence-electron chi connectivity index (χ1n) is 10.5. The first-order chi connectivity index (χ1) is 13.3. The topological polar surface area (TPSA) is 117 Å². The Bertz CT molecular complexity index is 788. The zero-order valence-corrected chi connectivity index (χ0v) is 17.9. The van der Waals surface area contributed by atoms with Crippen molar-refractivity contribution in [1.82, 2.24) is 0 Å². The predicted molar refractivity (Wildman–Crippen MR) is 103 cm³/mol. The molecule has 0 aromatic carbocycles. The van der Waals surface area contributed by atoms with Gasteiger partial charge in [0.25, 0.3) is 0 Å². The van der Waals surface area contributed by atoms with E-state index in [9.17, 15) is 24.9 Å². The van der Waals surface area contributed by atoms with Gasteiger partial charge >= 0.3 is 5.97 Å². The SMILES string of the molecule is CC(=O)O[C@H]1[C@@H]2[C@H]([C@@H](O)[C@H](O)/C(C)=C/[C@@]34O[C@@]3(CC(C)[C@@H]4O)C(=O)[C@H]1C)C2(C)C. The number of Topliss-reactive ketones (excluding diaryl/α,β-unsaturated/α-hetero) is 1. The molecule has 1 aliphatic heterocycles. The molecule has 4 rings (SSSR count). The fraction of sp³-hybridized carbons (Fsp3) is 0.818. The highest BCUT2D eigenvalue weighted by Gasteiger charge is 2.82. The molecule has 162 valence electrons. The lowest BCUT2D eigenvalue weighted by molar-refractivity contribution is -0.154. The van der Waals surface area contributed by atoms with Crippen LogP contribution >= 0.6 is 0 Å². The summed E-state index contributed by atoms with van der Waals surface area (Å²) in [5, 5.41) is 32.6. The van der Waals surface area contributed by atoms with Crippen molar-refractivity contribution in [1.29, 1.82) is 0 Å². The average molecular weight is 408 g/mol. The molecule has 7 heteroatoms. The smallest absolute Gasteiger partial charge is 0.302 e. The van der Waals surface area contributed by atoms with Crippen LogP contribution in [0.5, 0.6) is 0 Å². The molecule has 1 saturated heterocycles. The van der Waals surface area contributed by atoms with Gasteiger partial charge in [0.1, 0.15) is 12.2 Å². The van der Waals surface area contributed by atoms with Gasteiger partial charge in [-0.05, 0) is 36.3 Å². The molecular formula is C22H32O7. The van der Waals surface area contributed by atoms with E-state index in [1.54, 1.807) is 19.9 Å². The van der Waals surface area contributed by atoms with Gasteiger partial charge in [-0.1, -0.05) is 27.7 Å². The number of hydrogen-bond acceptors (Lipinski definition) is 7. The molecule has 1 heterocycles. The summed E-state index contributed by atoms with van der Waals surface area (Å²) >= 11 is 0. The molecule has 0 radical (unpaired) electrons. The van der Waals surface area contributed by atoms with Gasteiger partial charge in [0.15, 0.2) is 17.0 Å². The van der Waals surface area contributed by atoms with E-state index >= 15 is 0 Å². The van der Waals surface area contributed by atoms with Crippen molar-refractivity contribution in [2.75, 3.05) is 0 Å². The van der Waals surface area contributed by atoms with Crippen LogP contribution in [0.1, 0.15) is 48.0 Å². The minimum absolute atomic E-state index is 0.161. The maximum absolute atomic E-state index is 13.7. The fourth-order valence-corrected chi connectivity index (χ4v) is 6.41. The summed E-state index contributed by atoms with van der Waals surface area (Å²) in [5.74, 6) is -2.10. The molecular weight excluding hydrogens is 376 g/mol. The Kier molecular flexibility index (Phi) is 4.43. The fourth-order valence-electron chi connectivity index (χ4n) is 6.41. The van der Waals surface area contributed by atoms with Crippen molar-refractivity contribution >= 4 is 11.8 Å². The average Bonchev–Trinajstić information content (AvgIpc) is 3.43. The number of epoxide rings is 1. The molecule has 3 aliphatic carbocycles. The molecule has 0 bridgehead atoms. The molecule has 0 aromatic rings. The lowest BCUT2D eigenvalue weighted by atomic mass is 9.80. The van der Waals surface area contributed by atoms with Gasteiger partial charge < -0.3 is 24.8 Å². The van der Waals surface area contributed by atoms with Crippen LogP contribution in [0.15, 0.2) is 11.6 Å². The summed E-state index contributed by atoms with van der Waals surface area (Å²) in [6.45, 7) is 10.5. The standard InChI is InChI=1S/C22H32O7/c1-9-7-21-18(26)10(2)8-22(21,29-21)19(27)11(3)17(28-12(4)23)14-13(20(14,5)6)16(25)15(9)24/h7,10-11,13-18,24-26H,8H2,1-6H3/b9-7+/t10?,11-,13+,14-,15+,16+,17+,18-,21-,22-/m0/s1. The van der Waals surface area contributed by atoms with Gasteiger partial charge in [-0.15, -0.1) is 0 Å². The normalized spacial score (nSPS) is 54.8. The van der Waals surface area contributed by atoms with E-state index in [1.165, 1.54) is 6.92 Å².